The van der Waals surface area contributed by atoms with E-state index in [2.05, 4.69) is 10.1 Å². The number of amides is 1. The summed E-state index contributed by atoms with van der Waals surface area (Å²) in [6.45, 7) is 4.63. The zero-order valence-electron chi connectivity index (χ0n) is 14.4. The van der Waals surface area contributed by atoms with Crippen molar-refractivity contribution < 1.29 is 13.7 Å². The fourth-order valence-electron chi connectivity index (χ4n) is 2.56. The molecule has 1 amide bonds. The molecule has 0 saturated heterocycles. The molecule has 0 bridgehead atoms. The standard InChI is InChI=1S/C19H21N3O3/c1-14(2)22(13-15-7-4-3-5-8-15)18(23)11-10-17-20-19(21-25-17)16-9-6-12-24-16/h3-9,12,14H,10-11,13H2,1-2H3. The zero-order chi connectivity index (χ0) is 17.6. The van der Waals surface area contributed by atoms with Gasteiger partial charge in [0, 0.05) is 25.4 Å². The van der Waals surface area contributed by atoms with Crippen LogP contribution in [0.1, 0.15) is 31.7 Å². The highest BCUT2D eigenvalue weighted by Crippen LogP contribution is 2.17. The number of carbonyl (C=O) groups is 1. The summed E-state index contributed by atoms with van der Waals surface area (Å²) >= 11 is 0. The molecule has 0 N–H and O–H groups in total. The van der Waals surface area contributed by atoms with Crippen molar-refractivity contribution in [2.45, 2.75) is 39.3 Å². The second kappa shape index (κ2) is 7.79. The first-order chi connectivity index (χ1) is 12.1. The van der Waals surface area contributed by atoms with E-state index in [0.29, 0.717) is 36.9 Å². The van der Waals surface area contributed by atoms with Gasteiger partial charge in [-0.2, -0.15) is 4.98 Å². The van der Waals surface area contributed by atoms with Crippen LogP contribution in [0.5, 0.6) is 0 Å². The van der Waals surface area contributed by atoms with Gasteiger partial charge in [-0.05, 0) is 31.5 Å². The van der Waals surface area contributed by atoms with E-state index in [1.807, 2.05) is 49.1 Å². The first-order valence-corrected chi connectivity index (χ1v) is 8.33. The molecule has 3 rings (SSSR count). The average molecular weight is 339 g/mol. The number of hydrogen-bond acceptors (Lipinski definition) is 5. The average Bonchev–Trinajstić information content (AvgIpc) is 3.29. The number of rotatable bonds is 7. The van der Waals surface area contributed by atoms with Crippen molar-refractivity contribution in [2.75, 3.05) is 0 Å². The maximum Gasteiger partial charge on any atom is 0.238 e. The third-order valence-corrected chi connectivity index (χ3v) is 3.90. The first-order valence-electron chi connectivity index (χ1n) is 8.33. The minimum absolute atomic E-state index is 0.0663. The van der Waals surface area contributed by atoms with Crippen molar-refractivity contribution in [3.63, 3.8) is 0 Å². The van der Waals surface area contributed by atoms with E-state index in [9.17, 15) is 4.79 Å². The third kappa shape index (κ3) is 4.35. The zero-order valence-corrected chi connectivity index (χ0v) is 14.4. The molecular weight excluding hydrogens is 318 g/mol. The van der Waals surface area contributed by atoms with Crippen LogP contribution in [0.4, 0.5) is 0 Å². The molecule has 0 spiro atoms. The van der Waals surface area contributed by atoms with Gasteiger partial charge in [0.1, 0.15) is 0 Å². The van der Waals surface area contributed by atoms with Crippen LogP contribution in [0.25, 0.3) is 11.6 Å². The van der Waals surface area contributed by atoms with Gasteiger partial charge in [0.15, 0.2) is 5.76 Å². The highest BCUT2D eigenvalue weighted by molar-refractivity contribution is 5.76. The topological polar surface area (TPSA) is 72.4 Å². The SMILES string of the molecule is CC(C)N(Cc1ccccc1)C(=O)CCc1nc(-c2ccco2)no1. The summed E-state index contributed by atoms with van der Waals surface area (Å²) in [4.78, 5) is 18.7. The molecule has 6 heteroatoms. The number of benzene rings is 1. The molecule has 0 aliphatic heterocycles. The van der Waals surface area contributed by atoms with Crippen molar-refractivity contribution in [2.24, 2.45) is 0 Å². The predicted octanol–water partition coefficient (Wildman–Crippen LogP) is 3.70. The Hall–Kier alpha value is -2.89. The number of nitrogens with zero attached hydrogens (tertiary/aromatic N) is 3. The van der Waals surface area contributed by atoms with Crippen LogP contribution < -0.4 is 0 Å². The van der Waals surface area contributed by atoms with Crippen LogP contribution in [0.15, 0.2) is 57.7 Å². The van der Waals surface area contributed by atoms with E-state index in [1.165, 1.54) is 0 Å². The van der Waals surface area contributed by atoms with Gasteiger partial charge in [-0.3, -0.25) is 4.79 Å². The summed E-state index contributed by atoms with van der Waals surface area (Å²) in [7, 11) is 0. The van der Waals surface area contributed by atoms with Crippen molar-refractivity contribution in [3.8, 4) is 11.6 Å². The number of aromatic nitrogens is 2. The minimum Gasteiger partial charge on any atom is -0.461 e. The Kier molecular flexibility index (Phi) is 5.28. The van der Waals surface area contributed by atoms with E-state index in [4.69, 9.17) is 8.94 Å². The maximum absolute atomic E-state index is 12.6. The Morgan fingerprint density at radius 3 is 2.64 bits per heavy atom. The van der Waals surface area contributed by atoms with Gasteiger partial charge < -0.3 is 13.8 Å². The van der Waals surface area contributed by atoms with Crippen LogP contribution in [0.3, 0.4) is 0 Å². The van der Waals surface area contributed by atoms with Gasteiger partial charge in [0.05, 0.1) is 6.26 Å². The largest absolute Gasteiger partial charge is 0.461 e. The second-order valence-electron chi connectivity index (χ2n) is 6.09. The number of hydrogen-bond donors (Lipinski definition) is 0. The number of carbonyl (C=O) groups excluding carboxylic acids is 1. The van der Waals surface area contributed by atoms with Crippen LogP contribution in [0.2, 0.25) is 0 Å². The van der Waals surface area contributed by atoms with E-state index in [0.717, 1.165) is 5.56 Å². The third-order valence-electron chi connectivity index (χ3n) is 3.90. The molecule has 6 nitrogen and oxygen atoms in total. The molecule has 1 aromatic carbocycles. The van der Waals surface area contributed by atoms with Crippen molar-refractivity contribution in [1.29, 1.82) is 0 Å². The summed E-state index contributed by atoms with van der Waals surface area (Å²) in [6.07, 6.45) is 2.29. The van der Waals surface area contributed by atoms with Gasteiger partial charge >= 0.3 is 0 Å². The Balaban J connectivity index is 1.60. The fourth-order valence-corrected chi connectivity index (χ4v) is 2.56. The van der Waals surface area contributed by atoms with Crippen LogP contribution in [-0.2, 0) is 17.8 Å². The molecule has 3 aromatic rings. The molecule has 0 fully saturated rings. The highest BCUT2D eigenvalue weighted by Gasteiger charge is 2.19. The van der Waals surface area contributed by atoms with E-state index in [1.54, 1.807) is 18.4 Å². The van der Waals surface area contributed by atoms with Crippen molar-refractivity contribution >= 4 is 5.91 Å². The van der Waals surface area contributed by atoms with Gasteiger partial charge in [0.25, 0.3) is 0 Å². The van der Waals surface area contributed by atoms with Crippen molar-refractivity contribution in [3.05, 3.63) is 60.2 Å². The summed E-state index contributed by atoms with van der Waals surface area (Å²) in [5.74, 6) is 1.45. The summed E-state index contributed by atoms with van der Waals surface area (Å²) < 4.78 is 10.4. The molecule has 25 heavy (non-hydrogen) atoms. The Labute approximate surface area is 146 Å². The minimum atomic E-state index is 0.0663. The number of furan rings is 1. The molecule has 0 aliphatic carbocycles. The molecule has 2 aromatic heterocycles. The smallest absolute Gasteiger partial charge is 0.238 e. The predicted molar refractivity (Wildman–Crippen MR) is 92.4 cm³/mol. The maximum atomic E-state index is 12.6. The Morgan fingerprint density at radius 1 is 1.16 bits per heavy atom. The Morgan fingerprint density at radius 2 is 1.96 bits per heavy atom. The van der Waals surface area contributed by atoms with Gasteiger partial charge in [-0.15, -0.1) is 0 Å². The Bertz CT molecular complexity index is 794. The van der Waals surface area contributed by atoms with Gasteiger partial charge in [-0.1, -0.05) is 35.5 Å². The van der Waals surface area contributed by atoms with E-state index in [-0.39, 0.29) is 11.9 Å². The highest BCUT2D eigenvalue weighted by atomic mass is 16.5. The lowest BCUT2D eigenvalue weighted by Gasteiger charge is -2.26. The first kappa shape index (κ1) is 17.0. The number of aryl methyl sites for hydroxylation is 1. The van der Waals surface area contributed by atoms with Crippen molar-refractivity contribution in [1.82, 2.24) is 15.0 Å². The molecule has 0 saturated carbocycles. The molecule has 0 aliphatic rings. The second-order valence-corrected chi connectivity index (χ2v) is 6.09. The molecule has 0 radical (unpaired) electrons. The monoisotopic (exact) mass is 339 g/mol. The normalized spacial score (nSPS) is 11.0. The van der Waals surface area contributed by atoms with E-state index >= 15 is 0 Å². The lowest BCUT2D eigenvalue weighted by molar-refractivity contribution is -0.133. The van der Waals surface area contributed by atoms with Crippen LogP contribution >= 0.6 is 0 Å². The lowest BCUT2D eigenvalue weighted by atomic mass is 10.1. The lowest BCUT2D eigenvalue weighted by Crippen LogP contribution is -2.36. The quantitative estimate of drug-likeness (QED) is 0.656. The van der Waals surface area contributed by atoms with Crippen LogP contribution in [-0.4, -0.2) is 27.0 Å². The molecule has 2 heterocycles. The molecule has 0 unspecified atom stereocenters. The van der Waals surface area contributed by atoms with Crippen LogP contribution in [0, 0.1) is 0 Å². The molecule has 130 valence electrons. The van der Waals surface area contributed by atoms with Gasteiger partial charge in [-0.25, -0.2) is 0 Å². The summed E-state index contributed by atoms with van der Waals surface area (Å²) in [5.41, 5.74) is 1.11. The summed E-state index contributed by atoms with van der Waals surface area (Å²) in [5, 5.41) is 3.88. The molecule has 0 atom stereocenters. The molecular formula is C19H21N3O3. The van der Waals surface area contributed by atoms with E-state index < -0.39 is 0 Å². The fraction of sp³-hybridized carbons (Fsp3) is 0.316. The summed E-state index contributed by atoms with van der Waals surface area (Å²) in [6, 6.07) is 13.6. The van der Waals surface area contributed by atoms with Gasteiger partial charge in [0.2, 0.25) is 17.6 Å².